The molecule has 0 aromatic heterocycles. The van der Waals surface area contributed by atoms with Gasteiger partial charge in [-0.2, -0.15) is 13.2 Å². The van der Waals surface area contributed by atoms with E-state index in [0.717, 1.165) is 23.4 Å². The quantitative estimate of drug-likeness (QED) is 0.123. The summed E-state index contributed by atoms with van der Waals surface area (Å²) in [6, 6.07) is 27.2. The SMILES string of the molecule is CC(O)c1ccc(OCCCN(Cc2cccc(C(F)(F)F)c2F)CC(c2ccccc2)c2ccccc2)cc1S(C)(=O)=O. The van der Waals surface area contributed by atoms with Crippen LogP contribution in [0.15, 0.2) is 102 Å². The number of aliphatic hydroxyl groups is 1. The largest absolute Gasteiger partial charge is 0.494 e. The summed E-state index contributed by atoms with van der Waals surface area (Å²) in [4.78, 5) is 1.88. The number of hydrogen-bond donors (Lipinski definition) is 1. The minimum Gasteiger partial charge on any atom is -0.494 e. The number of rotatable bonds is 13. The maximum atomic E-state index is 15.1. The molecular formula is C34H35F4NO4S. The van der Waals surface area contributed by atoms with Gasteiger partial charge in [0.15, 0.2) is 9.84 Å². The molecule has 44 heavy (non-hydrogen) atoms. The highest BCUT2D eigenvalue weighted by Gasteiger charge is 2.35. The number of hydrogen-bond acceptors (Lipinski definition) is 5. The van der Waals surface area contributed by atoms with Gasteiger partial charge in [-0.25, -0.2) is 12.8 Å². The third kappa shape index (κ3) is 8.68. The van der Waals surface area contributed by atoms with Crippen LogP contribution < -0.4 is 4.74 Å². The van der Waals surface area contributed by atoms with Crippen molar-refractivity contribution in [3.05, 3.63) is 131 Å². The molecule has 4 aromatic carbocycles. The van der Waals surface area contributed by atoms with Gasteiger partial charge in [0.05, 0.1) is 23.2 Å². The van der Waals surface area contributed by atoms with Gasteiger partial charge in [0.1, 0.15) is 11.6 Å². The van der Waals surface area contributed by atoms with Crippen LogP contribution in [0.25, 0.3) is 0 Å². The number of ether oxygens (including phenoxy) is 1. The van der Waals surface area contributed by atoms with E-state index in [0.29, 0.717) is 25.3 Å². The van der Waals surface area contributed by atoms with Crippen LogP contribution in [-0.4, -0.2) is 44.4 Å². The average Bonchev–Trinajstić information content (AvgIpc) is 2.98. The molecule has 0 aliphatic heterocycles. The molecule has 0 aliphatic rings. The molecule has 0 aliphatic carbocycles. The van der Waals surface area contributed by atoms with E-state index in [4.69, 9.17) is 4.74 Å². The number of sulfone groups is 1. The van der Waals surface area contributed by atoms with E-state index in [1.165, 1.54) is 31.2 Å². The van der Waals surface area contributed by atoms with Crippen molar-refractivity contribution < 1.29 is 35.8 Å². The summed E-state index contributed by atoms with van der Waals surface area (Å²) in [5, 5.41) is 9.97. The molecule has 0 amide bonds. The fourth-order valence-electron chi connectivity index (χ4n) is 5.18. The minimum atomic E-state index is -4.82. The van der Waals surface area contributed by atoms with Gasteiger partial charge in [-0.15, -0.1) is 0 Å². The van der Waals surface area contributed by atoms with Crippen LogP contribution in [0.4, 0.5) is 17.6 Å². The van der Waals surface area contributed by atoms with Gasteiger partial charge < -0.3 is 9.84 Å². The van der Waals surface area contributed by atoms with Crippen LogP contribution in [0.2, 0.25) is 0 Å². The number of alkyl halides is 3. The molecule has 0 spiro atoms. The van der Waals surface area contributed by atoms with E-state index in [9.17, 15) is 26.7 Å². The van der Waals surface area contributed by atoms with Gasteiger partial charge in [-0.3, -0.25) is 4.90 Å². The van der Waals surface area contributed by atoms with Crippen LogP contribution in [0.1, 0.15) is 53.2 Å². The van der Waals surface area contributed by atoms with E-state index in [-0.39, 0.29) is 35.1 Å². The first-order valence-electron chi connectivity index (χ1n) is 14.2. The average molecular weight is 630 g/mol. The molecule has 0 saturated heterocycles. The van der Waals surface area contributed by atoms with Gasteiger partial charge >= 0.3 is 6.18 Å². The first-order chi connectivity index (χ1) is 20.8. The second kappa shape index (κ2) is 14.4. The maximum Gasteiger partial charge on any atom is 0.419 e. The molecule has 0 saturated carbocycles. The Bertz CT molecular complexity index is 1590. The smallest absolute Gasteiger partial charge is 0.419 e. The number of aliphatic hydroxyl groups excluding tert-OH is 1. The monoisotopic (exact) mass is 629 g/mol. The van der Waals surface area contributed by atoms with E-state index in [1.807, 2.05) is 65.6 Å². The van der Waals surface area contributed by atoms with Crippen molar-refractivity contribution in [1.82, 2.24) is 4.90 Å². The third-order valence-corrected chi connectivity index (χ3v) is 8.50. The van der Waals surface area contributed by atoms with Gasteiger partial charge in [0.25, 0.3) is 0 Å². The molecule has 1 unspecified atom stereocenters. The standard InChI is InChI=1S/C34H35F4NO4S/c1-24(40)29-18-17-28(21-32(29)44(2,41)42)43-20-10-19-39(22-27-15-9-16-31(33(27)35)34(36,37)38)23-30(25-11-5-3-6-12-25)26-13-7-4-8-14-26/h3-9,11-18,21,24,30,40H,10,19-20,22-23H2,1-2H3. The van der Waals surface area contributed by atoms with E-state index < -0.39 is 33.5 Å². The lowest BCUT2D eigenvalue weighted by Gasteiger charge is -2.29. The second-order valence-corrected chi connectivity index (χ2v) is 12.7. The van der Waals surface area contributed by atoms with E-state index >= 15 is 4.39 Å². The fourth-order valence-corrected chi connectivity index (χ4v) is 6.17. The zero-order valence-corrected chi connectivity index (χ0v) is 25.3. The van der Waals surface area contributed by atoms with Crippen molar-refractivity contribution in [2.45, 2.75) is 43.0 Å². The third-order valence-electron chi connectivity index (χ3n) is 7.34. The van der Waals surface area contributed by atoms with Crippen LogP contribution in [0.3, 0.4) is 0 Å². The lowest BCUT2D eigenvalue weighted by Crippen LogP contribution is -2.31. The van der Waals surface area contributed by atoms with Gasteiger partial charge in [-0.05, 0) is 48.2 Å². The van der Waals surface area contributed by atoms with Crippen LogP contribution in [0.5, 0.6) is 5.75 Å². The summed E-state index contributed by atoms with van der Waals surface area (Å²) in [7, 11) is -3.63. The van der Waals surface area contributed by atoms with Gasteiger partial charge in [0.2, 0.25) is 0 Å². The molecule has 0 radical (unpaired) electrons. The fraction of sp³-hybridized carbons (Fsp3) is 0.294. The minimum absolute atomic E-state index is 0.0276. The van der Waals surface area contributed by atoms with Crippen molar-refractivity contribution in [2.75, 3.05) is 26.0 Å². The molecular weight excluding hydrogens is 594 g/mol. The van der Waals surface area contributed by atoms with Crippen molar-refractivity contribution in [1.29, 1.82) is 0 Å². The molecule has 1 atom stereocenters. The van der Waals surface area contributed by atoms with Crippen LogP contribution in [-0.2, 0) is 22.6 Å². The van der Waals surface area contributed by atoms with Crippen molar-refractivity contribution in [2.24, 2.45) is 0 Å². The molecule has 5 nitrogen and oxygen atoms in total. The summed E-state index contributed by atoms with van der Waals surface area (Å²) in [5.41, 5.74) is 0.921. The Hall–Kier alpha value is -3.73. The Morgan fingerprint density at radius 3 is 2.05 bits per heavy atom. The normalized spacial score (nSPS) is 12.9. The highest BCUT2D eigenvalue weighted by atomic mass is 32.2. The summed E-state index contributed by atoms with van der Waals surface area (Å²) >= 11 is 0. The maximum absolute atomic E-state index is 15.1. The molecule has 0 fully saturated rings. The van der Waals surface area contributed by atoms with Gasteiger partial charge in [-0.1, -0.05) is 78.9 Å². The first kappa shape index (κ1) is 33.2. The zero-order chi connectivity index (χ0) is 31.9. The van der Waals surface area contributed by atoms with Gasteiger partial charge in [0, 0.05) is 37.4 Å². The molecule has 4 aromatic rings. The summed E-state index contributed by atoms with van der Waals surface area (Å²) < 4.78 is 85.9. The second-order valence-electron chi connectivity index (χ2n) is 10.7. The predicted octanol–water partition coefficient (Wildman–Crippen LogP) is 7.40. The first-order valence-corrected chi connectivity index (χ1v) is 16.1. The topological polar surface area (TPSA) is 66.8 Å². The van der Waals surface area contributed by atoms with Crippen molar-refractivity contribution in [3.63, 3.8) is 0 Å². The van der Waals surface area contributed by atoms with E-state index in [1.54, 1.807) is 6.07 Å². The number of nitrogens with zero attached hydrogens (tertiary/aromatic N) is 1. The molecule has 0 heterocycles. The Labute approximate surface area is 255 Å². The number of benzene rings is 4. The molecule has 10 heteroatoms. The molecule has 4 rings (SSSR count). The predicted molar refractivity (Wildman–Crippen MR) is 162 cm³/mol. The lowest BCUT2D eigenvalue weighted by molar-refractivity contribution is -0.140. The Kier molecular flexibility index (Phi) is 10.8. The highest BCUT2D eigenvalue weighted by molar-refractivity contribution is 7.90. The summed E-state index contributed by atoms with van der Waals surface area (Å²) in [5.74, 6) is -1.13. The Morgan fingerprint density at radius 2 is 1.50 bits per heavy atom. The van der Waals surface area contributed by atoms with E-state index in [2.05, 4.69) is 0 Å². The summed E-state index contributed by atoms with van der Waals surface area (Å²) in [6.07, 6.45) is -4.33. The molecule has 234 valence electrons. The van der Waals surface area contributed by atoms with Crippen LogP contribution in [0, 0.1) is 5.82 Å². The number of halogens is 4. The zero-order valence-electron chi connectivity index (χ0n) is 24.5. The highest BCUT2D eigenvalue weighted by Crippen LogP contribution is 2.33. The Morgan fingerprint density at radius 1 is 0.886 bits per heavy atom. The van der Waals surface area contributed by atoms with Crippen molar-refractivity contribution >= 4 is 9.84 Å². The lowest BCUT2D eigenvalue weighted by atomic mass is 9.90. The Balaban J connectivity index is 1.57. The molecule has 1 N–H and O–H groups in total. The van der Waals surface area contributed by atoms with Crippen molar-refractivity contribution in [3.8, 4) is 5.75 Å². The van der Waals surface area contributed by atoms with Crippen LogP contribution >= 0.6 is 0 Å². The molecule has 0 bridgehead atoms. The summed E-state index contributed by atoms with van der Waals surface area (Å²) in [6.45, 7) is 2.33.